The van der Waals surface area contributed by atoms with Crippen LogP contribution in [0.5, 0.6) is 0 Å². The second-order valence-corrected chi connectivity index (χ2v) is 7.25. The number of sulfonamides is 1. The van der Waals surface area contributed by atoms with Crippen molar-refractivity contribution in [1.29, 1.82) is 0 Å². The minimum absolute atomic E-state index is 0.0830. The molecular weight excluding hydrogens is 276 g/mol. The highest BCUT2D eigenvalue weighted by atomic mass is 32.2. The molecule has 1 fully saturated rings. The summed E-state index contributed by atoms with van der Waals surface area (Å²) < 4.78 is 32.5. The van der Waals surface area contributed by atoms with E-state index in [1.807, 2.05) is 26.8 Å². The molecule has 2 N–H and O–H groups in total. The molecule has 1 aromatic carbocycles. The zero-order valence-corrected chi connectivity index (χ0v) is 13.0. The lowest BCUT2D eigenvalue weighted by Crippen LogP contribution is -2.50. The van der Waals surface area contributed by atoms with Gasteiger partial charge < -0.3 is 10.5 Å². The predicted molar refractivity (Wildman–Crippen MR) is 77.8 cm³/mol. The van der Waals surface area contributed by atoms with Crippen molar-refractivity contribution in [2.75, 3.05) is 13.2 Å². The smallest absolute Gasteiger partial charge is 0.243 e. The summed E-state index contributed by atoms with van der Waals surface area (Å²) in [7, 11) is -3.50. The first kappa shape index (κ1) is 15.4. The lowest BCUT2D eigenvalue weighted by Gasteiger charge is -2.35. The van der Waals surface area contributed by atoms with Crippen molar-refractivity contribution in [3.63, 3.8) is 0 Å². The zero-order chi connectivity index (χ0) is 14.9. The van der Waals surface area contributed by atoms with E-state index in [1.54, 1.807) is 12.1 Å². The number of rotatable bonds is 3. The van der Waals surface area contributed by atoms with Gasteiger partial charge in [0.05, 0.1) is 17.6 Å². The third-order valence-corrected chi connectivity index (χ3v) is 5.67. The predicted octanol–water partition coefficient (Wildman–Crippen LogP) is 1.25. The standard InChI is InChI=1S/C14H22N2O3S/c1-10-4-5-14(6-13(10)7-15)20(17,18)16-8-12(3)19-9-11(16)2/h4-6,11-12H,7-9,15H2,1-3H3. The third kappa shape index (κ3) is 2.88. The Morgan fingerprint density at radius 3 is 2.75 bits per heavy atom. The molecule has 112 valence electrons. The molecule has 0 bridgehead atoms. The van der Waals surface area contributed by atoms with Gasteiger partial charge in [0.1, 0.15) is 0 Å². The molecule has 1 heterocycles. The lowest BCUT2D eigenvalue weighted by molar-refractivity contribution is -0.0170. The summed E-state index contributed by atoms with van der Waals surface area (Å²) >= 11 is 0. The summed E-state index contributed by atoms with van der Waals surface area (Å²) in [5.41, 5.74) is 7.53. The van der Waals surface area contributed by atoms with Gasteiger partial charge in [-0.1, -0.05) is 6.07 Å². The summed E-state index contributed by atoms with van der Waals surface area (Å²) in [5.74, 6) is 0. The monoisotopic (exact) mass is 298 g/mol. The molecule has 0 saturated carbocycles. The fourth-order valence-corrected chi connectivity index (χ4v) is 4.11. The van der Waals surface area contributed by atoms with Crippen molar-refractivity contribution >= 4 is 10.0 Å². The van der Waals surface area contributed by atoms with E-state index in [4.69, 9.17) is 10.5 Å². The molecule has 1 aliphatic rings. The summed E-state index contributed by atoms with van der Waals surface area (Å²) in [5, 5.41) is 0. The highest BCUT2D eigenvalue weighted by molar-refractivity contribution is 7.89. The fourth-order valence-electron chi connectivity index (χ4n) is 2.37. The highest BCUT2D eigenvalue weighted by Gasteiger charge is 2.34. The van der Waals surface area contributed by atoms with Gasteiger partial charge in [0.15, 0.2) is 0 Å². The molecule has 0 radical (unpaired) electrons. The van der Waals surface area contributed by atoms with Crippen LogP contribution in [0.25, 0.3) is 0 Å². The van der Waals surface area contributed by atoms with Gasteiger partial charge in [0.25, 0.3) is 0 Å². The average Bonchev–Trinajstić information content (AvgIpc) is 2.41. The number of aryl methyl sites for hydroxylation is 1. The fraction of sp³-hybridized carbons (Fsp3) is 0.571. The van der Waals surface area contributed by atoms with Gasteiger partial charge in [-0.15, -0.1) is 0 Å². The van der Waals surface area contributed by atoms with E-state index in [2.05, 4.69) is 0 Å². The van der Waals surface area contributed by atoms with E-state index < -0.39 is 10.0 Å². The van der Waals surface area contributed by atoms with E-state index in [-0.39, 0.29) is 12.1 Å². The van der Waals surface area contributed by atoms with Gasteiger partial charge in [0.2, 0.25) is 10.0 Å². The summed E-state index contributed by atoms with van der Waals surface area (Å²) in [4.78, 5) is 0.310. The van der Waals surface area contributed by atoms with Crippen LogP contribution in [0.4, 0.5) is 0 Å². The molecule has 1 aromatic rings. The van der Waals surface area contributed by atoms with E-state index in [9.17, 15) is 8.42 Å². The maximum atomic E-state index is 12.8. The van der Waals surface area contributed by atoms with Crippen LogP contribution in [0.15, 0.2) is 23.1 Å². The van der Waals surface area contributed by atoms with E-state index in [0.717, 1.165) is 11.1 Å². The number of nitrogens with zero attached hydrogens (tertiary/aromatic N) is 1. The molecular formula is C14H22N2O3S. The van der Waals surface area contributed by atoms with Gasteiger partial charge in [-0.3, -0.25) is 0 Å². The first-order valence-electron chi connectivity index (χ1n) is 6.79. The van der Waals surface area contributed by atoms with Gasteiger partial charge in [-0.2, -0.15) is 4.31 Å². The topological polar surface area (TPSA) is 72.6 Å². The number of benzene rings is 1. The van der Waals surface area contributed by atoms with Crippen LogP contribution in [0.2, 0.25) is 0 Å². The van der Waals surface area contributed by atoms with Crippen molar-refractivity contribution in [2.24, 2.45) is 5.73 Å². The minimum atomic E-state index is -3.50. The molecule has 0 aliphatic carbocycles. The summed E-state index contributed by atoms with van der Waals surface area (Å²) in [6, 6.07) is 4.98. The van der Waals surface area contributed by atoms with Crippen molar-refractivity contribution in [3.05, 3.63) is 29.3 Å². The van der Waals surface area contributed by atoms with Crippen molar-refractivity contribution in [1.82, 2.24) is 4.31 Å². The van der Waals surface area contributed by atoms with Crippen molar-refractivity contribution in [2.45, 2.75) is 44.4 Å². The second kappa shape index (κ2) is 5.81. The molecule has 1 aliphatic heterocycles. The quantitative estimate of drug-likeness (QED) is 0.911. The van der Waals surface area contributed by atoms with Crippen molar-refractivity contribution in [3.8, 4) is 0 Å². The Kier molecular flexibility index (Phi) is 4.49. The second-order valence-electron chi connectivity index (χ2n) is 5.36. The Morgan fingerprint density at radius 1 is 1.40 bits per heavy atom. The van der Waals surface area contributed by atoms with E-state index in [1.165, 1.54) is 4.31 Å². The number of ether oxygens (including phenoxy) is 1. The Balaban J connectivity index is 2.39. The molecule has 2 unspecified atom stereocenters. The number of hydrogen-bond donors (Lipinski definition) is 1. The third-order valence-electron chi connectivity index (χ3n) is 3.70. The molecule has 1 saturated heterocycles. The molecule has 6 heteroatoms. The number of nitrogens with two attached hydrogens (primary N) is 1. The Bertz CT molecular complexity index is 586. The Morgan fingerprint density at radius 2 is 2.10 bits per heavy atom. The van der Waals surface area contributed by atoms with Crippen LogP contribution < -0.4 is 5.73 Å². The summed E-state index contributed by atoms with van der Waals surface area (Å²) in [6.07, 6.45) is -0.0830. The molecule has 20 heavy (non-hydrogen) atoms. The van der Waals surface area contributed by atoms with Crippen LogP contribution in [0.3, 0.4) is 0 Å². The minimum Gasteiger partial charge on any atom is -0.375 e. The molecule has 2 rings (SSSR count). The first-order chi connectivity index (χ1) is 9.36. The Labute approximate surface area is 120 Å². The van der Waals surface area contributed by atoms with Crippen LogP contribution >= 0.6 is 0 Å². The Hall–Kier alpha value is -0.950. The summed E-state index contributed by atoms with van der Waals surface area (Å²) in [6.45, 7) is 6.82. The lowest BCUT2D eigenvalue weighted by atomic mass is 10.1. The average molecular weight is 298 g/mol. The van der Waals surface area contributed by atoms with Crippen LogP contribution in [-0.4, -0.2) is 38.0 Å². The molecule has 2 atom stereocenters. The van der Waals surface area contributed by atoms with Gasteiger partial charge in [0, 0.05) is 19.1 Å². The number of hydrogen-bond acceptors (Lipinski definition) is 4. The van der Waals surface area contributed by atoms with Crippen LogP contribution in [0, 0.1) is 6.92 Å². The van der Waals surface area contributed by atoms with Gasteiger partial charge >= 0.3 is 0 Å². The largest absolute Gasteiger partial charge is 0.375 e. The van der Waals surface area contributed by atoms with Crippen LogP contribution in [0.1, 0.15) is 25.0 Å². The van der Waals surface area contributed by atoms with Gasteiger partial charge in [-0.05, 0) is 44.0 Å². The zero-order valence-electron chi connectivity index (χ0n) is 12.2. The SMILES string of the molecule is Cc1ccc(S(=O)(=O)N2CC(C)OCC2C)cc1CN. The van der Waals surface area contributed by atoms with E-state index in [0.29, 0.717) is 24.6 Å². The maximum absolute atomic E-state index is 12.8. The van der Waals surface area contributed by atoms with E-state index >= 15 is 0 Å². The molecule has 0 aromatic heterocycles. The molecule has 0 amide bonds. The first-order valence-corrected chi connectivity index (χ1v) is 8.23. The number of morpholine rings is 1. The maximum Gasteiger partial charge on any atom is 0.243 e. The molecule has 5 nitrogen and oxygen atoms in total. The van der Waals surface area contributed by atoms with Crippen LogP contribution in [-0.2, 0) is 21.3 Å². The van der Waals surface area contributed by atoms with Crippen molar-refractivity contribution < 1.29 is 13.2 Å². The molecule has 0 spiro atoms. The highest BCUT2D eigenvalue weighted by Crippen LogP contribution is 2.24. The normalized spacial score (nSPS) is 24.8. The van der Waals surface area contributed by atoms with Gasteiger partial charge in [-0.25, -0.2) is 8.42 Å².